The molecule has 0 aliphatic carbocycles. The molecule has 0 unspecified atom stereocenters. The molecule has 0 heterocycles. The van der Waals surface area contributed by atoms with Crippen molar-refractivity contribution in [3.05, 3.63) is 6.04 Å². The van der Waals surface area contributed by atoms with E-state index in [4.69, 9.17) is 18.9 Å². The molecule has 0 spiro atoms. The van der Waals surface area contributed by atoms with E-state index >= 15 is 0 Å². The molecule has 0 atom stereocenters. The summed E-state index contributed by atoms with van der Waals surface area (Å²) in [4.78, 5) is 22.8. The third-order valence-corrected chi connectivity index (χ3v) is 3.02. The Balaban J connectivity index is 3.46. The summed E-state index contributed by atoms with van der Waals surface area (Å²) < 4.78 is 19.7. The monoisotopic (exact) mass is 347 g/mol. The fourth-order valence-corrected chi connectivity index (χ4v) is 1.77. The van der Waals surface area contributed by atoms with Crippen molar-refractivity contribution in [2.45, 2.75) is 39.0 Å². The third kappa shape index (κ3) is 15.4. The van der Waals surface area contributed by atoms with E-state index in [0.717, 1.165) is 25.3 Å². The standard InChI is InChI=1S/C16H31N2O6/c1-14(18-16(20)24-13-7-11-22-3)8-4-5-9-17-15(19)23-12-6-10-21-2/h4-13H2,1-3H3,(H,17,19)(H,18,20)/q-1. The molecule has 0 saturated heterocycles. The molecule has 2 N–H and O–H groups in total. The van der Waals surface area contributed by atoms with Gasteiger partial charge in [0.25, 0.3) is 0 Å². The number of nitrogens with one attached hydrogen (secondary N) is 2. The second-order valence-electron chi connectivity index (χ2n) is 5.25. The van der Waals surface area contributed by atoms with E-state index in [1.54, 1.807) is 14.2 Å². The van der Waals surface area contributed by atoms with E-state index in [1.807, 2.05) is 6.92 Å². The summed E-state index contributed by atoms with van der Waals surface area (Å²) in [6.07, 6.45) is 2.89. The number of rotatable bonds is 14. The van der Waals surface area contributed by atoms with Crippen LogP contribution >= 0.6 is 0 Å². The van der Waals surface area contributed by atoms with Crippen LogP contribution in [0.2, 0.25) is 0 Å². The van der Waals surface area contributed by atoms with E-state index in [-0.39, 0.29) is 0 Å². The van der Waals surface area contributed by atoms with Crippen molar-refractivity contribution in [3.63, 3.8) is 0 Å². The number of carbonyl (C=O) groups is 2. The molecule has 8 heteroatoms. The van der Waals surface area contributed by atoms with Gasteiger partial charge in [0.1, 0.15) is 0 Å². The lowest BCUT2D eigenvalue weighted by Crippen LogP contribution is -2.28. The number of ether oxygens (including phenoxy) is 4. The van der Waals surface area contributed by atoms with Crippen molar-refractivity contribution in [3.8, 4) is 0 Å². The topological polar surface area (TPSA) is 95.1 Å². The molecule has 0 aromatic carbocycles. The average Bonchev–Trinajstić information content (AvgIpc) is 2.55. The van der Waals surface area contributed by atoms with Crippen LogP contribution in [0.3, 0.4) is 0 Å². The minimum atomic E-state index is -0.443. The Kier molecular flexibility index (Phi) is 15.3. The molecule has 0 aliphatic heterocycles. The first-order valence-electron chi connectivity index (χ1n) is 8.24. The normalized spacial score (nSPS) is 10.5. The van der Waals surface area contributed by atoms with Gasteiger partial charge in [0, 0.05) is 46.8 Å². The molecule has 0 aliphatic rings. The van der Waals surface area contributed by atoms with E-state index in [0.29, 0.717) is 45.8 Å². The second-order valence-corrected chi connectivity index (χ2v) is 5.25. The molecule has 0 fully saturated rings. The number of hydrogen-bond acceptors (Lipinski definition) is 6. The van der Waals surface area contributed by atoms with Crippen LogP contribution in [0.25, 0.3) is 0 Å². The van der Waals surface area contributed by atoms with Gasteiger partial charge in [-0.05, 0) is 6.42 Å². The van der Waals surface area contributed by atoms with Gasteiger partial charge in [-0.3, -0.25) is 0 Å². The fourth-order valence-electron chi connectivity index (χ4n) is 1.77. The summed E-state index contributed by atoms with van der Waals surface area (Å²) in [5.41, 5.74) is 0. The molecule has 24 heavy (non-hydrogen) atoms. The van der Waals surface area contributed by atoms with E-state index in [9.17, 15) is 9.59 Å². The molecule has 142 valence electrons. The van der Waals surface area contributed by atoms with Crippen LogP contribution < -0.4 is 10.6 Å². The molecular weight excluding hydrogens is 316 g/mol. The zero-order valence-electron chi connectivity index (χ0n) is 15.0. The lowest BCUT2D eigenvalue weighted by Gasteiger charge is -2.26. The summed E-state index contributed by atoms with van der Waals surface area (Å²) >= 11 is 0. The van der Waals surface area contributed by atoms with Crippen LogP contribution in [0.5, 0.6) is 0 Å². The number of amides is 2. The van der Waals surface area contributed by atoms with E-state index in [1.165, 1.54) is 0 Å². The first-order valence-corrected chi connectivity index (χ1v) is 8.24. The largest absolute Gasteiger partial charge is 0.468 e. The lowest BCUT2D eigenvalue weighted by molar-refractivity contribution is 0.124. The van der Waals surface area contributed by atoms with Gasteiger partial charge in [-0.25, -0.2) is 15.6 Å². The van der Waals surface area contributed by atoms with Crippen LogP contribution in [-0.4, -0.2) is 59.4 Å². The van der Waals surface area contributed by atoms with E-state index in [2.05, 4.69) is 10.6 Å². The minimum absolute atomic E-state index is 0.337. The highest BCUT2D eigenvalue weighted by atomic mass is 16.6. The van der Waals surface area contributed by atoms with Crippen LogP contribution in [0.4, 0.5) is 9.59 Å². The summed E-state index contributed by atoms with van der Waals surface area (Å²) in [5.74, 6) is 0. The summed E-state index contributed by atoms with van der Waals surface area (Å²) in [5, 5.41) is 5.37. The van der Waals surface area contributed by atoms with Crippen LogP contribution in [0.1, 0.15) is 39.0 Å². The maximum Gasteiger partial charge on any atom is 0.407 e. The van der Waals surface area contributed by atoms with Crippen LogP contribution in [0, 0.1) is 6.04 Å². The molecule has 8 nitrogen and oxygen atoms in total. The van der Waals surface area contributed by atoms with Crippen molar-refractivity contribution < 1.29 is 28.5 Å². The summed E-state index contributed by atoms with van der Waals surface area (Å²) in [6, 6.07) is 0.842. The highest BCUT2D eigenvalue weighted by Crippen LogP contribution is 2.06. The summed E-state index contributed by atoms with van der Waals surface area (Å²) in [7, 11) is 3.21. The van der Waals surface area contributed by atoms with Crippen molar-refractivity contribution in [2.24, 2.45) is 0 Å². The Labute approximate surface area is 144 Å². The van der Waals surface area contributed by atoms with Gasteiger partial charge in [-0.15, -0.1) is 0 Å². The molecule has 0 aromatic rings. The van der Waals surface area contributed by atoms with Crippen LogP contribution in [-0.2, 0) is 18.9 Å². The number of alkyl carbamates (subject to hydrolysis) is 2. The molecule has 0 bridgehead atoms. The maximum atomic E-state index is 11.5. The molecule has 0 rings (SSSR count). The number of hydrogen-bond donors (Lipinski definition) is 2. The lowest BCUT2D eigenvalue weighted by atomic mass is 10.1. The van der Waals surface area contributed by atoms with Gasteiger partial charge in [-0.1, -0.05) is 6.42 Å². The van der Waals surface area contributed by atoms with Gasteiger partial charge < -0.3 is 29.6 Å². The Bertz CT molecular complexity index is 328. The number of carbonyl (C=O) groups excluding carboxylic acids is 2. The Morgan fingerprint density at radius 1 is 0.833 bits per heavy atom. The number of unbranched alkanes of at least 4 members (excludes halogenated alkanes) is 1. The van der Waals surface area contributed by atoms with Crippen molar-refractivity contribution in [2.75, 3.05) is 47.2 Å². The first-order chi connectivity index (χ1) is 11.6. The Morgan fingerprint density at radius 3 is 2.00 bits per heavy atom. The summed E-state index contributed by atoms with van der Waals surface area (Å²) in [6.45, 7) is 4.21. The quantitative estimate of drug-likeness (QED) is 0.370. The Hall–Kier alpha value is -1.54. The van der Waals surface area contributed by atoms with Crippen molar-refractivity contribution in [1.82, 2.24) is 10.6 Å². The zero-order valence-corrected chi connectivity index (χ0v) is 15.0. The fraction of sp³-hybridized carbons (Fsp3) is 0.812. The van der Waals surface area contributed by atoms with Gasteiger partial charge in [0.2, 0.25) is 0 Å². The SMILES string of the molecule is COCCCOC(=O)NCCCC[C-](C)NC(=O)OCCCOC. The second kappa shape index (κ2) is 16.3. The molecule has 0 aromatic heterocycles. The predicted octanol–water partition coefficient (Wildman–Crippen LogP) is 2.23. The van der Waals surface area contributed by atoms with Gasteiger partial charge in [-0.2, -0.15) is 13.3 Å². The zero-order chi connectivity index (χ0) is 18.0. The van der Waals surface area contributed by atoms with Gasteiger partial charge in [0.15, 0.2) is 0 Å². The predicted molar refractivity (Wildman–Crippen MR) is 89.6 cm³/mol. The molecule has 0 radical (unpaired) electrons. The number of methoxy groups -OCH3 is 2. The van der Waals surface area contributed by atoms with Crippen molar-refractivity contribution >= 4 is 12.2 Å². The van der Waals surface area contributed by atoms with E-state index < -0.39 is 12.2 Å². The highest BCUT2D eigenvalue weighted by Gasteiger charge is 2.01. The molecular formula is C16H31N2O6-. The third-order valence-electron chi connectivity index (χ3n) is 3.02. The van der Waals surface area contributed by atoms with Gasteiger partial charge >= 0.3 is 12.2 Å². The maximum absolute atomic E-state index is 11.5. The highest BCUT2D eigenvalue weighted by molar-refractivity contribution is 5.68. The smallest absolute Gasteiger partial charge is 0.407 e. The average molecular weight is 347 g/mol. The van der Waals surface area contributed by atoms with Crippen molar-refractivity contribution in [1.29, 1.82) is 0 Å². The Morgan fingerprint density at radius 2 is 1.42 bits per heavy atom. The molecule has 2 amide bonds. The van der Waals surface area contributed by atoms with Crippen LogP contribution in [0.15, 0.2) is 0 Å². The van der Waals surface area contributed by atoms with Gasteiger partial charge in [0.05, 0.1) is 13.2 Å². The molecule has 0 saturated carbocycles. The first kappa shape index (κ1) is 22.5. The minimum Gasteiger partial charge on any atom is -0.468 e.